The molecule has 5 heteroatoms. The minimum atomic E-state index is -0.281. The number of piperidine rings is 1. The van der Waals surface area contributed by atoms with Crippen LogP contribution in [0.25, 0.3) is 0 Å². The topological polar surface area (TPSA) is 47.2 Å². The highest BCUT2D eigenvalue weighted by Gasteiger charge is 2.17. The van der Waals surface area contributed by atoms with Gasteiger partial charge in [-0.3, -0.25) is 13.9 Å². The number of rotatable bonds is 1. The predicted octanol–water partition coefficient (Wildman–Crippen LogP) is 0.240. The average molecular weight is 235 g/mol. The molecule has 0 saturated carbocycles. The fourth-order valence-electron chi connectivity index (χ4n) is 2.08. The Morgan fingerprint density at radius 1 is 1.12 bits per heavy atom. The van der Waals surface area contributed by atoms with Crippen molar-refractivity contribution in [2.75, 3.05) is 18.0 Å². The van der Waals surface area contributed by atoms with Crippen LogP contribution in [0, 0.1) is 0 Å². The van der Waals surface area contributed by atoms with E-state index in [4.69, 9.17) is 0 Å². The van der Waals surface area contributed by atoms with E-state index < -0.39 is 0 Å². The lowest BCUT2D eigenvalue weighted by atomic mass is 10.1. The molecule has 0 spiro atoms. The molecule has 1 aromatic rings. The second-order valence-electron chi connectivity index (χ2n) is 4.48. The van der Waals surface area contributed by atoms with Crippen molar-refractivity contribution in [1.29, 1.82) is 0 Å². The minimum absolute atomic E-state index is 0.257. The van der Waals surface area contributed by atoms with Crippen molar-refractivity contribution >= 4 is 5.82 Å². The first-order valence-electron chi connectivity index (χ1n) is 5.69. The van der Waals surface area contributed by atoms with Crippen molar-refractivity contribution in [3.63, 3.8) is 0 Å². The normalized spacial score (nSPS) is 16.4. The Bertz CT molecular complexity index is 558. The van der Waals surface area contributed by atoms with Crippen LogP contribution in [0.3, 0.4) is 0 Å². The molecule has 5 nitrogen and oxygen atoms in total. The Hall–Kier alpha value is -1.78. The van der Waals surface area contributed by atoms with Crippen molar-refractivity contribution in [3.05, 3.63) is 39.1 Å². The first-order valence-corrected chi connectivity index (χ1v) is 5.69. The van der Waals surface area contributed by atoms with Crippen molar-refractivity contribution in [2.45, 2.75) is 12.8 Å². The van der Waals surface area contributed by atoms with Crippen molar-refractivity contribution in [2.24, 2.45) is 14.1 Å². The van der Waals surface area contributed by atoms with Crippen LogP contribution in [0.1, 0.15) is 12.8 Å². The molecule has 0 aromatic carbocycles. The zero-order chi connectivity index (χ0) is 12.6. The predicted molar refractivity (Wildman–Crippen MR) is 67.5 cm³/mol. The SMILES string of the molecule is C=C1CCN(c2cc(=O)n(C)c(=O)n2C)CC1. The van der Waals surface area contributed by atoms with Crippen molar-refractivity contribution in [3.8, 4) is 0 Å². The molecule has 1 aliphatic rings. The minimum Gasteiger partial charge on any atom is -0.357 e. The van der Waals surface area contributed by atoms with E-state index >= 15 is 0 Å². The van der Waals surface area contributed by atoms with Gasteiger partial charge in [0, 0.05) is 33.3 Å². The molecule has 0 N–H and O–H groups in total. The smallest absolute Gasteiger partial charge is 0.332 e. The van der Waals surface area contributed by atoms with Crippen LogP contribution in [0.5, 0.6) is 0 Å². The van der Waals surface area contributed by atoms with Gasteiger partial charge in [0.15, 0.2) is 0 Å². The first kappa shape index (κ1) is 11.7. The van der Waals surface area contributed by atoms with Crippen LogP contribution in [0.15, 0.2) is 27.8 Å². The second kappa shape index (κ2) is 4.24. The lowest BCUT2D eigenvalue weighted by molar-refractivity contribution is 0.625. The molecule has 92 valence electrons. The summed E-state index contributed by atoms with van der Waals surface area (Å²) in [5.41, 5.74) is 0.694. The van der Waals surface area contributed by atoms with Gasteiger partial charge in [0.2, 0.25) is 0 Å². The van der Waals surface area contributed by atoms with E-state index in [1.54, 1.807) is 7.05 Å². The number of anilines is 1. The summed E-state index contributed by atoms with van der Waals surface area (Å²) in [5, 5.41) is 0. The molecule has 0 amide bonds. The van der Waals surface area contributed by atoms with Crippen LogP contribution in [0.4, 0.5) is 5.82 Å². The molecule has 2 heterocycles. The molecule has 1 aliphatic heterocycles. The number of hydrogen-bond acceptors (Lipinski definition) is 3. The Kier molecular flexibility index (Phi) is 2.92. The molecule has 1 aromatic heterocycles. The number of aromatic nitrogens is 2. The Morgan fingerprint density at radius 2 is 1.71 bits per heavy atom. The highest BCUT2D eigenvalue weighted by Crippen LogP contribution is 2.19. The summed E-state index contributed by atoms with van der Waals surface area (Å²) in [6.07, 6.45) is 1.84. The van der Waals surface area contributed by atoms with Gasteiger partial charge in [-0.05, 0) is 12.8 Å². The third kappa shape index (κ3) is 2.05. The van der Waals surface area contributed by atoms with Crippen LogP contribution in [-0.2, 0) is 14.1 Å². The molecule has 0 radical (unpaired) electrons. The monoisotopic (exact) mass is 235 g/mol. The molecule has 1 fully saturated rings. The van der Waals surface area contributed by atoms with Gasteiger partial charge >= 0.3 is 5.69 Å². The summed E-state index contributed by atoms with van der Waals surface area (Å²) in [6, 6.07) is 1.52. The highest BCUT2D eigenvalue weighted by atomic mass is 16.2. The summed E-state index contributed by atoms with van der Waals surface area (Å²) in [7, 11) is 3.19. The molecule has 0 unspecified atom stereocenters. The Balaban J connectivity index is 2.43. The van der Waals surface area contributed by atoms with Crippen LogP contribution >= 0.6 is 0 Å². The summed E-state index contributed by atoms with van der Waals surface area (Å²) in [4.78, 5) is 25.5. The van der Waals surface area contributed by atoms with E-state index in [0.29, 0.717) is 5.82 Å². The lowest BCUT2D eigenvalue weighted by Gasteiger charge is -2.30. The quantitative estimate of drug-likeness (QED) is 0.655. The van der Waals surface area contributed by atoms with E-state index in [0.717, 1.165) is 30.5 Å². The lowest BCUT2D eigenvalue weighted by Crippen LogP contribution is -2.41. The maximum absolute atomic E-state index is 11.8. The van der Waals surface area contributed by atoms with Gasteiger partial charge in [-0.1, -0.05) is 12.2 Å². The summed E-state index contributed by atoms with van der Waals surface area (Å²) >= 11 is 0. The van der Waals surface area contributed by atoms with Crippen LogP contribution in [-0.4, -0.2) is 22.2 Å². The number of nitrogens with zero attached hydrogens (tertiary/aromatic N) is 3. The maximum Gasteiger partial charge on any atom is 0.332 e. The van der Waals surface area contributed by atoms with E-state index in [-0.39, 0.29) is 11.2 Å². The van der Waals surface area contributed by atoms with Gasteiger partial charge in [-0.15, -0.1) is 0 Å². The van der Waals surface area contributed by atoms with Crippen molar-refractivity contribution < 1.29 is 0 Å². The van der Waals surface area contributed by atoms with Gasteiger partial charge < -0.3 is 4.90 Å². The van der Waals surface area contributed by atoms with Gasteiger partial charge in [-0.2, -0.15) is 0 Å². The van der Waals surface area contributed by atoms with Gasteiger partial charge in [0.05, 0.1) is 0 Å². The standard InChI is InChI=1S/C12H17N3O2/c1-9-4-6-15(7-5-9)10-8-11(16)14(3)12(17)13(10)2/h8H,1,4-7H2,2-3H3. The van der Waals surface area contributed by atoms with Crippen LogP contribution < -0.4 is 16.1 Å². The maximum atomic E-state index is 11.8. The molecule has 0 aliphatic carbocycles. The van der Waals surface area contributed by atoms with E-state index in [1.165, 1.54) is 23.3 Å². The second-order valence-corrected chi connectivity index (χ2v) is 4.48. The van der Waals surface area contributed by atoms with E-state index in [9.17, 15) is 9.59 Å². The van der Waals surface area contributed by atoms with Crippen LogP contribution in [0.2, 0.25) is 0 Å². The zero-order valence-electron chi connectivity index (χ0n) is 10.3. The number of hydrogen-bond donors (Lipinski definition) is 0. The molecule has 0 atom stereocenters. The van der Waals surface area contributed by atoms with Gasteiger partial charge in [0.25, 0.3) is 5.56 Å². The third-order valence-corrected chi connectivity index (χ3v) is 3.30. The Labute approximate surface area is 99.6 Å². The third-order valence-electron chi connectivity index (χ3n) is 3.30. The fraction of sp³-hybridized carbons (Fsp3) is 0.500. The van der Waals surface area contributed by atoms with Crippen molar-refractivity contribution in [1.82, 2.24) is 9.13 Å². The molecular formula is C12H17N3O2. The highest BCUT2D eigenvalue weighted by molar-refractivity contribution is 5.39. The average Bonchev–Trinajstić information content (AvgIpc) is 2.32. The molecule has 1 saturated heterocycles. The molecular weight excluding hydrogens is 218 g/mol. The van der Waals surface area contributed by atoms with E-state index in [2.05, 4.69) is 11.5 Å². The molecule has 0 bridgehead atoms. The summed E-state index contributed by atoms with van der Waals surface area (Å²) in [6.45, 7) is 5.59. The summed E-state index contributed by atoms with van der Waals surface area (Å²) < 4.78 is 2.64. The van der Waals surface area contributed by atoms with Gasteiger partial charge in [0.1, 0.15) is 5.82 Å². The van der Waals surface area contributed by atoms with E-state index in [1.807, 2.05) is 0 Å². The largest absolute Gasteiger partial charge is 0.357 e. The first-order chi connectivity index (χ1) is 8.00. The Morgan fingerprint density at radius 3 is 2.29 bits per heavy atom. The summed E-state index contributed by atoms with van der Waals surface area (Å²) in [5.74, 6) is 0.700. The van der Waals surface area contributed by atoms with Gasteiger partial charge in [-0.25, -0.2) is 4.79 Å². The zero-order valence-corrected chi connectivity index (χ0v) is 10.3. The fourth-order valence-corrected chi connectivity index (χ4v) is 2.08. The molecule has 17 heavy (non-hydrogen) atoms. The molecule has 2 rings (SSSR count).